The number of benzene rings is 5. The van der Waals surface area contributed by atoms with Gasteiger partial charge in [-0.1, -0.05) is 124 Å². The average molecular weight is 1710 g/mol. The summed E-state index contributed by atoms with van der Waals surface area (Å²) in [7, 11) is 0. The van der Waals surface area contributed by atoms with Crippen LogP contribution >= 0.6 is 11.6 Å². The molecule has 6 aromatic rings. The fourth-order valence-corrected chi connectivity index (χ4v) is 13.7. The van der Waals surface area contributed by atoms with Crippen molar-refractivity contribution >= 4 is 122 Å². The summed E-state index contributed by atoms with van der Waals surface area (Å²) in [4.78, 5) is 215. The van der Waals surface area contributed by atoms with E-state index in [0.29, 0.717) is 53.1 Å². The van der Waals surface area contributed by atoms with E-state index in [1.807, 2.05) is 56.3 Å². The number of hydrogen-bond donors (Lipinski definition) is 18. The van der Waals surface area contributed by atoms with Gasteiger partial charge in [0.2, 0.25) is 88.6 Å². The highest BCUT2D eigenvalue weighted by atomic mass is 35.5. The molecule has 122 heavy (non-hydrogen) atoms. The Morgan fingerprint density at radius 3 is 1.30 bits per heavy atom. The minimum Gasteiger partial charge on any atom is -0.394 e. The second-order valence-electron chi connectivity index (χ2n) is 30.9. The Morgan fingerprint density at radius 2 is 0.844 bits per heavy atom. The van der Waals surface area contributed by atoms with Crippen LogP contribution in [0.3, 0.4) is 0 Å². The molecule has 1 aliphatic rings. The lowest BCUT2D eigenvalue weighted by molar-refractivity contribution is -0.142. The Morgan fingerprint density at radius 1 is 0.443 bits per heavy atom. The van der Waals surface area contributed by atoms with E-state index in [4.69, 9.17) is 17.3 Å². The van der Waals surface area contributed by atoms with Crippen LogP contribution in [0.4, 0.5) is 11.4 Å². The molecule has 19 N–H and O–H groups in total. The monoisotopic (exact) mass is 1710 g/mol. The van der Waals surface area contributed by atoms with Crippen molar-refractivity contribution in [2.45, 2.75) is 205 Å². The zero-order chi connectivity index (χ0) is 89.3. The first-order chi connectivity index (χ1) is 58.1. The van der Waals surface area contributed by atoms with Gasteiger partial charge in [-0.3, -0.25) is 76.9 Å². The number of nitrogens with one attached hydrogen (secondary N) is 14. The van der Waals surface area contributed by atoms with E-state index in [2.05, 4.69) is 79.4 Å². The summed E-state index contributed by atoms with van der Waals surface area (Å²) in [5.41, 5.74) is 7.93. The van der Waals surface area contributed by atoms with Crippen LogP contribution < -0.4 is 80.2 Å². The Hall–Kier alpha value is -12.3. The smallest absolute Gasteiger partial charge is 0.249 e. The molecule has 15 amide bonds. The van der Waals surface area contributed by atoms with Gasteiger partial charge in [-0.25, -0.2) is 0 Å². The second kappa shape index (κ2) is 48.2. The molecule has 0 unspecified atom stereocenters. The molecule has 5 aromatic carbocycles. The van der Waals surface area contributed by atoms with Gasteiger partial charge in [0.25, 0.3) is 0 Å². The van der Waals surface area contributed by atoms with Crippen molar-refractivity contribution in [2.24, 2.45) is 11.7 Å². The van der Waals surface area contributed by atoms with E-state index in [9.17, 15) is 58.5 Å². The maximum absolute atomic E-state index is 15.6. The number of nitrogens with zero attached hydrogens (tertiary/aromatic N) is 2. The molecule has 2 heterocycles. The molecule has 0 spiro atoms. The molecule has 0 saturated carbocycles. The summed E-state index contributed by atoms with van der Waals surface area (Å²) in [5.74, 6) is -12.6. The van der Waals surface area contributed by atoms with Crippen LogP contribution in [0.25, 0.3) is 10.8 Å². The Kier molecular flexibility index (Phi) is 38.3. The molecule has 35 nitrogen and oxygen atoms in total. The summed E-state index contributed by atoms with van der Waals surface area (Å²) < 4.78 is 0. The summed E-state index contributed by atoms with van der Waals surface area (Å²) in [6, 6.07) is 17.0. The number of aliphatic hydroxyl groups excluding tert-OH is 3. The molecule has 0 aliphatic carbocycles. The van der Waals surface area contributed by atoms with Crippen molar-refractivity contribution in [2.75, 3.05) is 43.5 Å². The number of carbonyl (C=O) groups excluding carboxylic acids is 15. The molecule has 0 bridgehead atoms. The van der Waals surface area contributed by atoms with Crippen molar-refractivity contribution < 1.29 is 87.2 Å². The number of unbranched alkanes of at least 4 members (excludes halogenated alkanes) is 1. The van der Waals surface area contributed by atoms with E-state index < -0.39 is 194 Å². The summed E-state index contributed by atoms with van der Waals surface area (Å²) in [6.45, 7) is 10.4. The van der Waals surface area contributed by atoms with Crippen molar-refractivity contribution in [3.63, 3.8) is 0 Å². The maximum atomic E-state index is 15.6. The van der Waals surface area contributed by atoms with Gasteiger partial charge >= 0.3 is 0 Å². The largest absolute Gasteiger partial charge is 0.394 e. The van der Waals surface area contributed by atoms with Crippen molar-refractivity contribution in [1.29, 1.82) is 0 Å². The van der Waals surface area contributed by atoms with Gasteiger partial charge in [-0.05, 0) is 139 Å². The van der Waals surface area contributed by atoms with Crippen LogP contribution in [0.1, 0.15) is 122 Å². The number of amides is 15. The highest BCUT2D eigenvalue weighted by Crippen LogP contribution is 2.24. The lowest BCUT2D eigenvalue weighted by atomic mass is 9.99. The highest BCUT2D eigenvalue weighted by Gasteiger charge is 2.41. The predicted molar refractivity (Wildman–Crippen MR) is 454 cm³/mol. The molecule has 7 rings (SSSR count). The summed E-state index contributed by atoms with van der Waals surface area (Å²) in [6.07, 6.45) is 3.14. The number of anilines is 2. The SMILES string of the molecule is CC(=O)N[C@H](CO)C(=O)Nc1ccc(C[C@H](NC(=O)[C@H](CO)NC(=O)[C@@H](Cc2cccnc2)NC(=O)[C@@H](Cc2ccc(Cl)cc2)NC(=O)[C@@H](Cc2ccc3ccccc3c2)NC(C)=O)C(=O)N[C@H](Cc2ccc(NC(=O)[C@@H](CO)NC(C)=O)cc2)C(=O)N[C@@H](CC(C)C)C(=O)N[C@@H](CCCCNC(C)C)C(=O)N2CCC[C@H]2C(=O)N[C@H](C)C(N)=O)cc1. The number of pyridine rings is 1. The van der Waals surface area contributed by atoms with Crippen LogP contribution in [0.5, 0.6) is 0 Å². The molecule has 1 aromatic heterocycles. The first-order valence-electron chi connectivity index (χ1n) is 40.4. The van der Waals surface area contributed by atoms with Crippen molar-refractivity contribution in [1.82, 2.24) is 73.7 Å². The van der Waals surface area contributed by atoms with Crippen LogP contribution in [0.2, 0.25) is 5.02 Å². The van der Waals surface area contributed by atoms with E-state index in [1.54, 1.807) is 50.2 Å². The minimum absolute atomic E-state index is 0.00509. The van der Waals surface area contributed by atoms with E-state index in [1.165, 1.54) is 79.7 Å². The Balaban J connectivity index is 1.24. The number of halogens is 1. The van der Waals surface area contributed by atoms with Crippen LogP contribution in [-0.2, 0) is 104 Å². The molecule has 1 saturated heterocycles. The molecule has 656 valence electrons. The summed E-state index contributed by atoms with van der Waals surface area (Å²) >= 11 is 6.27. The van der Waals surface area contributed by atoms with E-state index in [0.717, 1.165) is 24.6 Å². The second-order valence-corrected chi connectivity index (χ2v) is 31.3. The number of nitrogens with two attached hydrogens (primary N) is 1. The number of rotatable bonds is 46. The standard InChI is InChI=1S/C86H112ClN17O18/c1-48(2)37-65(76(112)97-64(18-11-12-35-90-49(3)4)86(122)104-36-14-19-74(104)85(121)91-50(5)75(88)111)98-78(114)68(40-55-23-30-62(31-24-55)95-82(118)71(45-105)93-52(7)109)100-80(116)69(41-56-25-32-63(33-26-56)96-83(119)72(46-106)94-53(8)110)102-84(120)73(47-107)103-81(117)70(43-58-15-13-34-89-44-58)101-79(115)67(39-54-21-28-61(87)29-22-54)99-77(113)66(92-51(6)108)42-57-20-27-59-16-9-10-17-60(59)38-57/h9-10,13,15-17,20-34,38,44,48-50,64-74,90,105-107H,11-12,14,18-19,35-37,39-43,45-47H2,1-8H3,(H2,88,111)(H,91,121)(H,92,108)(H,93,109)(H,94,110)(H,95,118)(H,96,119)(H,97,112)(H,98,114)(H,99,113)(H,100,116)(H,101,115)(H,102,120)(H,103,117)/t50-,64+,65+,66-,67-,68-,69+,70-,71-,72-,73+,74+/m1/s1. The number of primary amides is 1. The number of aliphatic hydroxyl groups is 3. The number of likely N-dealkylation sites (tertiary alicyclic amines) is 1. The van der Waals surface area contributed by atoms with Gasteiger partial charge in [0.15, 0.2) is 0 Å². The Bertz CT molecular complexity index is 4620. The molecule has 36 heteroatoms. The highest BCUT2D eigenvalue weighted by molar-refractivity contribution is 6.30. The lowest BCUT2D eigenvalue weighted by Gasteiger charge is -2.31. The van der Waals surface area contributed by atoms with Crippen LogP contribution in [0.15, 0.2) is 140 Å². The quantitative estimate of drug-likeness (QED) is 0.0229. The third kappa shape index (κ3) is 31.4. The number of hydrogen-bond acceptors (Lipinski definition) is 20. The first kappa shape index (κ1) is 96.8. The Labute approximate surface area is 712 Å². The van der Waals surface area contributed by atoms with Gasteiger partial charge < -0.3 is 100 Å². The number of fused-ring (bicyclic) bond motifs is 1. The van der Waals surface area contributed by atoms with Gasteiger partial charge in [0, 0.05) is 94.3 Å². The number of aromatic nitrogens is 1. The first-order valence-corrected chi connectivity index (χ1v) is 40.8. The van der Waals surface area contributed by atoms with Gasteiger partial charge in [-0.15, -0.1) is 0 Å². The predicted octanol–water partition coefficient (Wildman–Crippen LogP) is 0.358. The topological polar surface area (TPSA) is 527 Å². The van der Waals surface area contributed by atoms with Gasteiger partial charge in [-0.2, -0.15) is 0 Å². The normalized spacial score (nSPS) is 15.1. The van der Waals surface area contributed by atoms with Gasteiger partial charge in [0.1, 0.15) is 72.5 Å². The fourth-order valence-electron chi connectivity index (χ4n) is 13.6. The lowest BCUT2D eigenvalue weighted by Crippen LogP contribution is -2.62. The molecular weight excluding hydrogens is 1590 g/mol. The third-order valence-corrected chi connectivity index (χ3v) is 20.2. The summed E-state index contributed by atoms with van der Waals surface area (Å²) in [5, 5.41) is 70.6. The zero-order valence-electron chi connectivity index (χ0n) is 69.5. The average Bonchev–Trinajstić information content (AvgIpc) is 0.845. The molecular formula is C86H112ClN17O18. The van der Waals surface area contributed by atoms with Crippen molar-refractivity contribution in [3.8, 4) is 0 Å². The molecule has 0 radical (unpaired) electrons. The van der Waals surface area contributed by atoms with E-state index in [-0.39, 0.29) is 74.0 Å². The maximum Gasteiger partial charge on any atom is 0.249 e. The molecule has 12 atom stereocenters. The zero-order valence-corrected chi connectivity index (χ0v) is 70.2. The minimum atomic E-state index is -1.95. The van der Waals surface area contributed by atoms with Crippen LogP contribution in [-0.4, -0.2) is 225 Å². The third-order valence-electron chi connectivity index (χ3n) is 19.9. The van der Waals surface area contributed by atoms with Crippen molar-refractivity contribution in [3.05, 3.63) is 173 Å². The molecule has 1 fully saturated rings. The van der Waals surface area contributed by atoms with Crippen LogP contribution in [0, 0.1) is 5.92 Å². The van der Waals surface area contributed by atoms with Gasteiger partial charge in [0.05, 0.1) is 19.8 Å². The molecule has 1 aliphatic heterocycles. The van der Waals surface area contributed by atoms with E-state index >= 15 is 28.8 Å². The fraction of sp³-hybridized carbons (Fsp3) is 0.442. The number of carbonyl (C=O) groups is 15.